The van der Waals surface area contributed by atoms with Gasteiger partial charge in [-0.3, -0.25) is 14.5 Å². The van der Waals surface area contributed by atoms with Crippen LogP contribution in [0.5, 0.6) is 0 Å². The highest BCUT2D eigenvalue weighted by atomic mass is 35.5. The summed E-state index contributed by atoms with van der Waals surface area (Å²) in [5.74, 6) is -1.21. The van der Waals surface area contributed by atoms with Gasteiger partial charge in [0.25, 0.3) is 0 Å². The first-order valence-electron chi connectivity index (χ1n) is 5.70. The van der Waals surface area contributed by atoms with E-state index in [4.69, 9.17) is 28.3 Å². The maximum Gasteiger partial charge on any atom is 0.235 e. The summed E-state index contributed by atoms with van der Waals surface area (Å²) in [4.78, 5) is 31.5. The van der Waals surface area contributed by atoms with Gasteiger partial charge in [-0.15, -0.1) is 0 Å². The number of nitrogens with zero attached hydrogens (tertiary/aromatic N) is 3. The van der Waals surface area contributed by atoms with Gasteiger partial charge >= 0.3 is 0 Å². The zero-order valence-electron chi connectivity index (χ0n) is 10.5. The minimum Gasteiger partial charge on any atom is -0.298 e. The molecular formula is C10H10Cl2N4O4S. The number of rotatable bonds is 4. The SMILES string of the molecule is NS(=O)(=O)CC1CC(=O)N(c2nc(Cl)c(C=O)c(Cl)n2)C1. The molecule has 0 spiro atoms. The predicted molar refractivity (Wildman–Crippen MR) is 75.9 cm³/mol. The summed E-state index contributed by atoms with van der Waals surface area (Å²) in [7, 11) is -3.68. The Morgan fingerprint density at radius 2 is 1.90 bits per heavy atom. The van der Waals surface area contributed by atoms with E-state index in [-0.39, 0.29) is 46.4 Å². The van der Waals surface area contributed by atoms with E-state index in [1.54, 1.807) is 0 Å². The lowest BCUT2D eigenvalue weighted by Gasteiger charge is -2.15. The molecule has 1 aromatic heterocycles. The van der Waals surface area contributed by atoms with Crippen LogP contribution in [-0.2, 0) is 14.8 Å². The average Bonchev–Trinajstić information content (AvgIpc) is 2.67. The Balaban J connectivity index is 2.27. The van der Waals surface area contributed by atoms with Crippen LogP contribution in [0.1, 0.15) is 16.8 Å². The number of aromatic nitrogens is 2. The molecule has 114 valence electrons. The monoisotopic (exact) mass is 352 g/mol. The van der Waals surface area contributed by atoms with Crippen LogP contribution in [0.25, 0.3) is 0 Å². The summed E-state index contributed by atoms with van der Waals surface area (Å²) in [5, 5.41) is 4.60. The van der Waals surface area contributed by atoms with E-state index in [2.05, 4.69) is 9.97 Å². The smallest absolute Gasteiger partial charge is 0.235 e. The summed E-state index contributed by atoms with van der Waals surface area (Å²) in [6.45, 7) is 0.0857. The van der Waals surface area contributed by atoms with E-state index < -0.39 is 15.9 Å². The maximum atomic E-state index is 11.9. The molecule has 0 aromatic carbocycles. The van der Waals surface area contributed by atoms with Gasteiger partial charge in [-0.25, -0.2) is 13.6 Å². The largest absolute Gasteiger partial charge is 0.298 e. The van der Waals surface area contributed by atoms with Crippen molar-refractivity contribution < 1.29 is 18.0 Å². The lowest BCUT2D eigenvalue weighted by molar-refractivity contribution is -0.117. The molecule has 0 bridgehead atoms. The van der Waals surface area contributed by atoms with Crippen molar-refractivity contribution in [2.75, 3.05) is 17.2 Å². The summed E-state index contributed by atoms with van der Waals surface area (Å²) in [6, 6.07) is 0. The van der Waals surface area contributed by atoms with Crippen LogP contribution in [0.2, 0.25) is 10.3 Å². The Kier molecular flexibility index (Phi) is 4.47. The molecule has 0 radical (unpaired) electrons. The van der Waals surface area contributed by atoms with Gasteiger partial charge < -0.3 is 0 Å². The lowest BCUT2D eigenvalue weighted by atomic mass is 10.1. The molecule has 1 atom stereocenters. The normalized spacial score (nSPS) is 19.1. The van der Waals surface area contributed by atoms with E-state index in [9.17, 15) is 18.0 Å². The van der Waals surface area contributed by atoms with Crippen molar-refractivity contribution >= 4 is 51.4 Å². The van der Waals surface area contributed by atoms with Gasteiger partial charge in [0, 0.05) is 18.9 Å². The standard InChI is InChI=1S/C10H10Cl2N4O4S/c11-8-6(3-17)9(12)15-10(14-8)16-2-5(1-7(16)18)4-21(13,19)20/h3,5H,1-2,4H2,(H2,13,19,20). The maximum absolute atomic E-state index is 11.9. The fourth-order valence-electron chi connectivity index (χ4n) is 2.04. The van der Waals surface area contributed by atoms with Crippen molar-refractivity contribution in [2.24, 2.45) is 11.1 Å². The third-order valence-corrected chi connectivity index (χ3v) is 4.39. The van der Waals surface area contributed by atoms with Gasteiger partial charge in [-0.05, 0) is 0 Å². The average molecular weight is 353 g/mol. The second-order valence-electron chi connectivity index (χ2n) is 4.54. The third-order valence-electron chi connectivity index (χ3n) is 2.87. The summed E-state index contributed by atoms with van der Waals surface area (Å²) >= 11 is 11.6. The van der Waals surface area contributed by atoms with Gasteiger partial charge in [0.1, 0.15) is 10.3 Å². The lowest BCUT2D eigenvalue weighted by Crippen LogP contribution is -2.29. The van der Waals surface area contributed by atoms with Crippen LogP contribution < -0.4 is 10.0 Å². The Hall–Kier alpha value is -1.29. The highest BCUT2D eigenvalue weighted by molar-refractivity contribution is 7.89. The van der Waals surface area contributed by atoms with E-state index >= 15 is 0 Å². The Bertz CT molecular complexity index is 686. The highest BCUT2D eigenvalue weighted by Crippen LogP contribution is 2.27. The fourth-order valence-corrected chi connectivity index (χ4v) is 3.39. The molecule has 8 nitrogen and oxygen atoms in total. The Labute approximate surface area is 130 Å². The number of hydrogen-bond donors (Lipinski definition) is 1. The second kappa shape index (κ2) is 5.84. The number of halogens is 2. The molecular weight excluding hydrogens is 343 g/mol. The molecule has 1 aromatic rings. The fraction of sp³-hybridized carbons (Fsp3) is 0.400. The van der Waals surface area contributed by atoms with Crippen LogP contribution in [0.4, 0.5) is 5.95 Å². The number of hydrogen-bond acceptors (Lipinski definition) is 6. The number of amides is 1. The van der Waals surface area contributed by atoms with Crippen LogP contribution in [0.15, 0.2) is 0 Å². The molecule has 11 heteroatoms. The molecule has 21 heavy (non-hydrogen) atoms. The number of carbonyl (C=O) groups is 2. The van der Waals surface area contributed by atoms with E-state index in [1.807, 2.05) is 0 Å². The molecule has 0 saturated carbocycles. The second-order valence-corrected chi connectivity index (χ2v) is 6.92. The van der Waals surface area contributed by atoms with Gasteiger partial charge in [0.05, 0.1) is 11.3 Å². The number of anilines is 1. The van der Waals surface area contributed by atoms with Crippen molar-refractivity contribution in [2.45, 2.75) is 6.42 Å². The first-order valence-corrected chi connectivity index (χ1v) is 8.17. The van der Waals surface area contributed by atoms with E-state index in [0.717, 1.165) is 0 Å². The molecule has 2 heterocycles. The van der Waals surface area contributed by atoms with Gasteiger partial charge in [0.2, 0.25) is 21.9 Å². The van der Waals surface area contributed by atoms with Gasteiger partial charge in [0.15, 0.2) is 6.29 Å². The molecule has 1 aliphatic rings. The molecule has 1 amide bonds. The van der Waals surface area contributed by atoms with Crippen LogP contribution >= 0.6 is 23.2 Å². The molecule has 2 rings (SSSR count). The molecule has 1 fully saturated rings. The minimum absolute atomic E-state index is 0.00442. The first kappa shape index (κ1) is 16.1. The van der Waals surface area contributed by atoms with Gasteiger partial charge in [-0.1, -0.05) is 23.2 Å². The first-order chi connectivity index (χ1) is 9.71. The minimum atomic E-state index is -3.68. The predicted octanol–water partition coefficient (Wildman–Crippen LogP) is 0.237. The van der Waals surface area contributed by atoms with Crippen molar-refractivity contribution in [1.82, 2.24) is 9.97 Å². The Morgan fingerprint density at radius 1 is 1.33 bits per heavy atom. The topological polar surface area (TPSA) is 123 Å². The van der Waals surface area contributed by atoms with Crippen molar-refractivity contribution in [3.8, 4) is 0 Å². The quantitative estimate of drug-likeness (QED) is 0.611. The van der Waals surface area contributed by atoms with Crippen LogP contribution in [0.3, 0.4) is 0 Å². The zero-order valence-corrected chi connectivity index (χ0v) is 12.8. The molecule has 0 aliphatic carbocycles. The number of primary sulfonamides is 1. The number of sulfonamides is 1. The Morgan fingerprint density at radius 3 is 2.38 bits per heavy atom. The number of nitrogens with two attached hydrogens (primary N) is 1. The van der Waals surface area contributed by atoms with E-state index in [0.29, 0.717) is 6.29 Å². The number of carbonyl (C=O) groups excluding carboxylic acids is 2. The zero-order chi connectivity index (χ0) is 15.8. The molecule has 2 N–H and O–H groups in total. The third kappa shape index (κ3) is 3.67. The highest BCUT2D eigenvalue weighted by Gasteiger charge is 2.34. The summed E-state index contributed by atoms with van der Waals surface area (Å²) in [6.07, 6.45) is 0.411. The summed E-state index contributed by atoms with van der Waals surface area (Å²) in [5.41, 5.74) is -0.0742. The van der Waals surface area contributed by atoms with Crippen molar-refractivity contribution in [1.29, 1.82) is 0 Å². The number of aldehydes is 1. The van der Waals surface area contributed by atoms with Crippen molar-refractivity contribution in [3.05, 3.63) is 15.9 Å². The van der Waals surface area contributed by atoms with Crippen LogP contribution in [0, 0.1) is 5.92 Å². The van der Waals surface area contributed by atoms with Crippen LogP contribution in [-0.4, -0.2) is 42.9 Å². The molecule has 1 unspecified atom stereocenters. The molecule has 1 aliphatic heterocycles. The van der Waals surface area contributed by atoms with Gasteiger partial charge in [-0.2, -0.15) is 9.97 Å². The molecule has 1 saturated heterocycles. The summed E-state index contributed by atoms with van der Waals surface area (Å²) < 4.78 is 22.1. The van der Waals surface area contributed by atoms with Crippen molar-refractivity contribution in [3.63, 3.8) is 0 Å². The van der Waals surface area contributed by atoms with E-state index in [1.165, 1.54) is 4.90 Å².